The lowest BCUT2D eigenvalue weighted by Gasteiger charge is -2.19. The fraction of sp³-hybridized carbons (Fsp3) is 0.292. The van der Waals surface area contributed by atoms with Crippen LogP contribution in [-0.2, 0) is 14.3 Å². The molecular weight excluding hydrogens is 396 g/mol. The smallest absolute Gasteiger partial charge is 0.407 e. The predicted octanol–water partition coefficient (Wildman–Crippen LogP) is 3.06. The van der Waals surface area contributed by atoms with Gasteiger partial charge in [-0.15, -0.1) is 0 Å². The Hall–Kier alpha value is -3.61. The van der Waals surface area contributed by atoms with Crippen LogP contribution >= 0.6 is 0 Å². The van der Waals surface area contributed by atoms with Crippen LogP contribution < -0.4 is 10.6 Å². The molecule has 2 aliphatic rings. The lowest BCUT2D eigenvalue weighted by molar-refractivity contribution is -0.131. The number of carbonyl (C=O) groups excluding carboxylic acids is 2. The maximum atomic E-state index is 12.5. The first-order valence-electron chi connectivity index (χ1n) is 10.3. The van der Waals surface area contributed by atoms with E-state index in [0.717, 1.165) is 41.2 Å². The second kappa shape index (κ2) is 9.04. The fourth-order valence-corrected chi connectivity index (χ4v) is 4.02. The van der Waals surface area contributed by atoms with Crippen molar-refractivity contribution in [2.45, 2.75) is 24.8 Å². The van der Waals surface area contributed by atoms with E-state index >= 15 is 0 Å². The second-order valence-corrected chi connectivity index (χ2v) is 7.77. The van der Waals surface area contributed by atoms with Crippen molar-refractivity contribution in [2.75, 3.05) is 13.2 Å². The number of hydrogen-bond acceptors (Lipinski definition) is 4. The Morgan fingerprint density at radius 1 is 1.03 bits per heavy atom. The average molecular weight is 420 g/mol. The summed E-state index contributed by atoms with van der Waals surface area (Å²) in [6, 6.07) is 15.5. The monoisotopic (exact) mass is 420 g/mol. The Morgan fingerprint density at radius 2 is 1.65 bits per heavy atom. The highest BCUT2D eigenvalue weighted by Gasteiger charge is 2.38. The summed E-state index contributed by atoms with van der Waals surface area (Å²) in [5.41, 5.74) is 4.55. The molecule has 2 aromatic carbocycles. The Labute approximate surface area is 180 Å². The molecule has 2 aromatic rings. The largest absolute Gasteiger partial charge is 0.478 e. The molecule has 0 bridgehead atoms. The molecule has 0 spiro atoms. The SMILES string of the molecule is O=C(O)/C=C/CNC(=O)C(NC(=O)OCC1c2ccccc2-c2ccccc21)C1CC1. The van der Waals surface area contributed by atoms with E-state index in [2.05, 4.69) is 22.8 Å². The number of hydrogen-bond donors (Lipinski definition) is 3. The lowest BCUT2D eigenvalue weighted by Crippen LogP contribution is -2.48. The summed E-state index contributed by atoms with van der Waals surface area (Å²) in [4.78, 5) is 35.4. The second-order valence-electron chi connectivity index (χ2n) is 7.77. The Kier molecular flexibility index (Phi) is 6.02. The topological polar surface area (TPSA) is 105 Å². The molecule has 1 atom stereocenters. The van der Waals surface area contributed by atoms with Crippen LogP contribution in [-0.4, -0.2) is 42.3 Å². The summed E-state index contributed by atoms with van der Waals surface area (Å²) in [7, 11) is 0. The average Bonchev–Trinajstić information content (AvgIpc) is 3.56. The molecule has 0 heterocycles. The van der Waals surface area contributed by atoms with Gasteiger partial charge in [-0.3, -0.25) is 4.79 Å². The minimum absolute atomic E-state index is 0.0486. The third-order valence-corrected chi connectivity index (χ3v) is 5.65. The van der Waals surface area contributed by atoms with Crippen LogP contribution in [0.4, 0.5) is 4.79 Å². The zero-order valence-electron chi connectivity index (χ0n) is 16.9. The lowest BCUT2D eigenvalue weighted by atomic mass is 9.98. The normalized spacial score (nSPS) is 15.7. The number of carboxylic acid groups (broad SMARTS) is 1. The molecule has 1 unspecified atom stereocenters. The molecule has 2 aliphatic carbocycles. The van der Waals surface area contributed by atoms with Gasteiger partial charge in [0.1, 0.15) is 12.6 Å². The summed E-state index contributed by atoms with van der Waals surface area (Å²) < 4.78 is 5.53. The van der Waals surface area contributed by atoms with Gasteiger partial charge in [-0.05, 0) is 41.0 Å². The van der Waals surface area contributed by atoms with E-state index in [1.807, 2.05) is 36.4 Å². The van der Waals surface area contributed by atoms with E-state index in [-0.39, 0.29) is 30.9 Å². The number of carboxylic acids is 1. The number of aliphatic carboxylic acids is 1. The molecular formula is C24H24N2O5. The van der Waals surface area contributed by atoms with Crippen molar-refractivity contribution in [1.82, 2.24) is 10.6 Å². The standard InChI is InChI=1S/C24H24N2O5/c27-21(28)10-5-13-25-23(29)22(15-11-12-15)26-24(30)31-14-20-18-8-3-1-6-16(18)17-7-2-4-9-19(17)20/h1-10,15,20,22H,11-14H2,(H,25,29)(H,26,30)(H,27,28)/b10-5+. The van der Waals surface area contributed by atoms with Crippen molar-refractivity contribution in [2.24, 2.45) is 5.92 Å². The van der Waals surface area contributed by atoms with Crippen molar-refractivity contribution < 1.29 is 24.2 Å². The molecule has 0 saturated heterocycles. The van der Waals surface area contributed by atoms with Crippen molar-refractivity contribution in [1.29, 1.82) is 0 Å². The first-order valence-corrected chi connectivity index (χ1v) is 10.3. The van der Waals surface area contributed by atoms with Crippen LogP contribution in [0.25, 0.3) is 11.1 Å². The van der Waals surface area contributed by atoms with Crippen molar-refractivity contribution in [3.63, 3.8) is 0 Å². The number of fused-ring (bicyclic) bond motifs is 3. The first-order chi connectivity index (χ1) is 15.0. The third kappa shape index (κ3) is 4.77. The number of benzene rings is 2. The summed E-state index contributed by atoms with van der Waals surface area (Å²) >= 11 is 0. The Bertz CT molecular complexity index is 983. The maximum absolute atomic E-state index is 12.5. The number of alkyl carbamates (subject to hydrolysis) is 1. The van der Waals surface area contributed by atoms with E-state index < -0.39 is 18.1 Å². The molecule has 1 fully saturated rings. The molecule has 7 heteroatoms. The van der Waals surface area contributed by atoms with Crippen LogP contribution in [0.2, 0.25) is 0 Å². The molecule has 7 nitrogen and oxygen atoms in total. The van der Waals surface area contributed by atoms with Gasteiger partial charge in [0, 0.05) is 18.5 Å². The van der Waals surface area contributed by atoms with Gasteiger partial charge in [-0.2, -0.15) is 0 Å². The van der Waals surface area contributed by atoms with Gasteiger partial charge in [-0.25, -0.2) is 9.59 Å². The van der Waals surface area contributed by atoms with Crippen LogP contribution in [0.5, 0.6) is 0 Å². The number of ether oxygens (including phenoxy) is 1. The number of rotatable bonds is 8. The number of amides is 2. The molecule has 0 radical (unpaired) electrons. The maximum Gasteiger partial charge on any atom is 0.407 e. The van der Waals surface area contributed by atoms with E-state index in [0.29, 0.717) is 0 Å². The number of nitrogens with one attached hydrogen (secondary N) is 2. The summed E-state index contributed by atoms with van der Waals surface area (Å²) in [6.07, 6.45) is 3.39. The van der Waals surface area contributed by atoms with E-state index in [1.54, 1.807) is 0 Å². The van der Waals surface area contributed by atoms with E-state index in [9.17, 15) is 14.4 Å². The van der Waals surface area contributed by atoms with Crippen LogP contribution in [0, 0.1) is 5.92 Å². The predicted molar refractivity (Wildman–Crippen MR) is 115 cm³/mol. The molecule has 3 N–H and O–H groups in total. The van der Waals surface area contributed by atoms with Crippen LogP contribution in [0.3, 0.4) is 0 Å². The summed E-state index contributed by atoms with van der Waals surface area (Å²) in [5, 5.41) is 13.9. The molecule has 160 valence electrons. The number of carbonyl (C=O) groups is 3. The highest BCUT2D eigenvalue weighted by Crippen LogP contribution is 2.44. The molecule has 1 saturated carbocycles. The minimum atomic E-state index is -1.08. The highest BCUT2D eigenvalue weighted by atomic mass is 16.5. The zero-order valence-corrected chi connectivity index (χ0v) is 16.9. The third-order valence-electron chi connectivity index (χ3n) is 5.65. The van der Waals surface area contributed by atoms with Gasteiger partial charge < -0.3 is 20.5 Å². The van der Waals surface area contributed by atoms with E-state index in [4.69, 9.17) is 9.84 Å². The molecule has 31 heavy (non-hydrogen) atoms. The van der Waals surface area contributed by atoms with Gasteiger partial charge in [0.05, 0.1) is 0 Å². The summed E-state index contributed by atoms with van der Waals surface area (Å²) in [5.74, 6) is -1.40. The van der Waals surface area contributed by atoms with Crippen molar-refractivity contribution in [3.05, 3.63) is 71.8 Å². The van der Waals surface area contributed by atoms with Crippen molar-refractivity contribution >= 4 is 18.0 Å². The fourth-order valence-electron chi connectivity index (χ4n) is 4.02. The van der Waals surface area contributed by atoms with Crippen molar-refractivity contribution in [3.8, 4) is 11.1 Å². The Morgan fingerprint density at radius 3 is 2.23 bits per heavy atom. The summed E-state index contributed by atoms with van der Waals surface area (Å²) in [6.45, 7) is 0.265. The van der Waals surface area contributed by atoms with Crippen LogP contribution in [0.1, 0.15) is 29.9 Å². The van der Waals surface area contributed by atoms with Gasteiger partial charge >= 0.3 is 12.1 Å². The van der Waals surface area contributed by atoms with Gasteiger partial charge in [-0.1, -0.05) is 54.6 Å². The molecule has 2 amide bonds. The highest BCUT2D eigenvalue weighted by molar-refractivity contribution is 5.86. The van der Waals surface area contributed by atoms with Gasteiger partial charge in [0.15, 0.2) is 0 Å². The Balaban J connectivity index is 1.36. The quantitative estimate of drug-likeness (QED) is 0.570. The minimum Gasteiger partial charge on any atom is -0.478 e. The van der Waals surface area contributed by atoms with E-state index in [1.165, 1.54) is 6.08 Å². The molecule has 0 aliphatic heterocycles. The molecule has 0 aromatic heterocycles. The zero-order chi connectivity index (χ0) is 21.8. The molecule has 4 rings (SSSR count). The first kappa shape index (κ1) is 20.7. The van der Waals surface area contributed by atoms with Gasteiger partial charge in [0.2, 0.25) is 5.91 Å². The van der Waals surface area contributed by atoms with Gasteiger partial charge in [0.25, 0.3) is 0 Å². The van der Waals surface area contributed by atoms with Crippen LogP contribution in [0.15, 0.2) is 60.7 Å².